The van der Waals surface area contributed by atoms with Gasteiger partial charge in [-0.15, -0.1) is 0 Å². The molecule has 4 nitrogen and oxygen atoms in total. The van der Waals surface area contributed by atoms with Gasteiger partial charge in [-0.2, -0.15) is 23.5 Å². The van der Waals surface area contributed by atoms with Crippen LogP contribution in [0.5, 0.6) is 0 Å². The molecule has 0 atom stereocenters. The van der Waals surface area contributed by atoms with Crippen molar-refractivity contribution in [3.05, 3.63) is 0 Å². The third-order valence-corrected chi connectivity index (χ3v) is 9.01. The average Bonchev–Trinajstić information content (AvgIpc) is 2.46. The lowest BCUT2D eigenvalue weighted by Crippen LogP contribution is -2.56. The molecule has 0 aromatic heterocycles. The van der Waals surface area contributed by atoms with E-state index in [4.69, 9.17) is 10.2 Å². The fourth-order valence-corrected chi connectivity index (χ4v) is 9.16. The number of rotatable bonds is 10. The molecule has 0 saturated heterocycles. The predicted molar refractivity (Wildman–Crippen MR) is 98.8 cm³/mol. The molecular weight excluding hydrogens is 344 g/mol. The standard InChI is InChI=1S/C18H28O4S2/c19-15(20)3-1-5-23-17-8-13-7-14(9-17)11-18(10-13,12-17)24-6-2-4-16(21)22/h13-14H,1-12H2,(H,19,20)(H,21,22). The molecule has 0 amide bonds. The van der Waals surface area contributed by atoms with E-state index in [9.17, 15) is 9.59 Å². The van der Waals surface area contributed by atoms with Crippen LogP contribution in [0, 0.1) is 11.8 Å². The molecule has 0 aromatic rings. The van der Waals surface area contributed by atoms with E-state index in [0.717, 1.165) is 36.2 Å². The Labute approximate surface area is 152 Å². The third-order valence-electron chi connectivity index (χ3n) is 5.84. The monoisotopic (exact) mass is 372 g/mol. The van der Waals surface area contributed by atoms with Gasteiger partial charge in [0.25, 0.3) is 0 Å². The van der Waals surface area contributed by atoms with Gasteiger partial charge in [-0.25, -0.2) is 0 Å². The molecule has 0 aromatic carbocycles. The Kier molecular flexibility index (Phi) is 5.75. The highest BCUT2D eigenvalue weighted by molar-refractivity contribution is 8.01. The molecule has 4 saturated carbocycles. The first-order valence-electron chi connectivity index (χ1n) is 9.12. The van der Waals surface area contributed by atoms with Crippen LogP contribution in [0.1, 0.15) is 64.2 Å². The first-order valence-corrected chi connectivity index (χ1v) is 11.1. The Hall–Kier alpha value is -0.360. The van der Waals surface area contributed by atoms with Gasteiger partial charge < -0.3 is 10.2 Å². The lowest BCUT2D eigenvalue weighted by Gasteiger charge is -2.61. The van der Waals surface area contributed by atoms with Gasteiger partial charge in [0.2, 0.25) is 0 Å². The zero-order valence-corrected chi connectivity index (χ0v) is 15.8. The molecular formula is C18H28O4S2. The Morgan fingerprint density at radius 2 is 1.25 bits per heavy atom. The lowest BCUT2D eigenvalue weighted by molar-refractivity contribution is -0.138. The number of thioether (sulfide) groups is 2. The van der Waals surface area contributed by atoms with Crippen LogP contribution < -0.4 is 0 Å². The highest BCUT2D eigenvalue weighted by Crippen LogP contribution is 2.65. The SMILES string of the molecule is O=C(O)CCCSC12CC3CC(C1)CC(SCCCC(=O)O)(C3)C2. The van der Waals surface area contributed by atoms with Crippen molar-refractivity contribution in [2.75, 3.05) is 11.5 Å². The van der Waals surface area contributed by atoms with E-state index in [1.807, 2.05) is 23.5 Å². The normalized spacial score (nSPS) is 36.8. The predicted octanol–water partition coefficient (Wildman–Crippen LogP) is 4.27. The summed E-state index contributed by atoms with van der Waals surface area (Å²) in [6.45, 7) is 0. The lowest BCUT2D eigenvalue weighted by atomic mass is 9.55. The van der Waals surface area contributed by atoms with Crippen molar-refractivity contribution in [1.29, 1.82) is 0 Å². The molecule has 0 heterocycles. The summed E-state index contributed by atoms with van der Waals surface area (Å²) >= 11 is 4.10. The van der Waals surface area contributed by atoms with Gasteiger partial charge in [0.05, 0.1) is 0 Å². The third kappa shape index (κ3) is 4.43. The first-order chi connectivity index (χ1) is 11.4. The Balaban J connectivity index is 1.55. The van der Waals surface area contributed by atoms with Crippen molar-refractivity contribution >= 4 is 35.5 Å². The minimum absolute atomic E-state index is 0.283. The van der Waals surface area contributed by atoms with Crippen LogP contribution in [0.3, 0.4) is 0 Å². The van der Waals surface area contributed by atoms with E-state index in [2.05, 4.69) is 0 Å². The van der Waals surface area contributed by atoms with E-state index >= 15 is 0 Å². The molecule has 136 valence electrons. The summed E-state index contributed by atoms with van der Waals surface area (Å²) in [4.78, 5) is 21.4. The maximum Gasteiger partial charge on any atom is 0.303 e. The number of carbonyl (C=O) groups is 2. The molecule has 0 spiro atoms. The van der Waals surface area contributed by atoms with E-state index < -0.39 is 11.9 Å². The number of carboxylic acids is 2. The van der Waals surface area contributed by atoms with E-state index in [-0.39, 0.29) is 12.8 Å². The molecule has 0 aliphatic heterocycles. The molecule has 4 aliphatic carbocycles. The van der Waals surface area contributed by atoms with Crippen LogP contribution in [0.25, 0.3) is 0 Å². The number of hydrogen-bond donors (Lipinski definition) is 2. The van der Waals surface area contributed by atoms with Gasteiger partial charge in [-0.1, -0.05) is 0 Å². The van der Waals surface area contributed by atoms with Crippen molar-refractivity contribution in [2.24, 2.45) is 11.8 Å². The molecule has 4 fully saturated rings. The highest BCUT2D eigenvalue weighted by atomic mass is 32.2. The molecule has 2 N–H and O–H groups in total. The molecule has 0 radical (unpaired) electrons. The van der Waals surface area contributed by atoms with Crippen LogP contribution >= 0.6 is 23.5 Å². The number of aliphatic carboxylic acids is 2. The maximum absolute atomic E-state index is 10.7. The van der Waals surface area contributed by atoms with Crippen LogP contribution in [0.2, 0.25) is 0 Å². The second-order valence-corrected chi connectivity index (χ2v) is 11.1. The van der Waals surface area contributed by atoms with Gasteiger partial charge in [0, 0.05) is 22.3 Å². The minimum atomic E-state index is -0.688. The topological polar surface area (TPSA) is 74.6 Å². The molecule has 4 aliphatic rings. The fourth-order valence-electron chi connectivity index (χ4n) is 5.46. The summed E-state index contributed by atoms with van der Waals surface area (Å²) < 4.78 is 0.755. The van der Waals surface area contributed by atoms with Crippen molar-refractivity contribution in [3.8, 4) is 0 Å². The summed E-state index contributed by atoms with van der Waals surface area (Å²) in [5.41, 5.74) is 0. The van der Waals surface area contributed by atoms with Gasteiger partial charge in [-0.3, -0.25) is 9.59 Å². The summed E-state index contributed by atoms with van der Waals surface area (Å²) in [6, 6.07) is 0. The van der Waals surface area contributed by atoms with Gasteiger partial charge in [0.1, 0.15) is 0 Å². The quantitative estimate of drug-likeness (QED) is 0.558. The minimum Gasteiger partial charge on any atom is -0.481 e. The van der Waals surface area contributed by atoms with Crippen LogP contribution in [0.4, 0.5) is 0 Å². The molecule has 4 rings (SSSR count). The van der Waals surface area contributed by atoms with Crippen molar-refractivity contribution in [3.63, 3.8) is 0 Å². The van der Waals surface area contributed by atoms with Gasteiger partial charge >= 0.3 is 11.9 Å². The first kappa shape index (κ1) is 18.4. The molecule has 24 heavy (non-hydrogen) atoms. The molecule has 6 heteroatoms. The molecule has 0 unspecified atom stereocenters. The van der Waals surface area contributed by atoms with E-state index in [0.29, 0.717) is 9.49 Å². The Morgan fingerprint density at radius 1 is 0.833 bits per heavy atom. The van der Waals surface area contributed by atoms with Crippen molar-refractivity contribution in [1.82, 2.24) is 0 Å². The smallest absolute Gasteiger partial charge is 0.303 e. The van der Waals surface area contributed by atoms with E-state index in [1.54, 1.807) is 0 Å². The second kappa shape index (κ2) is 7.48. The summed E-state index contributed by atoms with van der Waals surface area (Å²) in [5.74, 6) is 2.23. The summed E-state index contributed by atoms with van der Waals surface area (Å²) in [5, 5.41) is 17.6. The van der Waals surface area contributed by atoms with E-state index in [1.165, 1.54) is 38.5 Å². The fraction of sp³-hybridized carbons (Fsp3) is 0.889. The van der Waals surface area contributed by atoms with Crippen LogP contribution in [-0.4, -0.2) is 43.2 Å². The second-order valence-electron chi connectivity index (χ2n) is 8.02. The zero-order valence-electron chi connectivity index (χ0n) is 14.2. The number of carboxylic acid groups (broad SMARTS) is 2. The average molecular weight is 373 g/mol. The highest BCUT2D eigenvalue weighted by Gasteiger charge is 2.57. The summed E-state index contributed by atoms with van der Waals surface area (Å²) in [7, 11) is 0. The van der Waals surface area contributed by atoms with Crippen LogP contribution in [-0.2, 0) is 9.59 Å². The largest absolute Gasteiger partial charge is 0.481 e. The van der Waals surface area contributed by atoms with Crippen molar-refractivity contribution in [2.45, 2.75) is 73.7 Å². The Morgan fingerprint density at radius 3 is 1.62 bits per heavy atom. The zero-order chi connectivity index (χ0) is 17.2. The van der Waals surface area contributed by atoms with Gasteiger partial charge in [0.15, 0.2) is 0 Å². The number of hydrogen-bond acceptors (Lipinski definition) is 4. The van der Waals surface area contributed by atoms with Gasteiger partial charge in [-0.05, 0) is 74.7 Å². The maximum atomic E-state index is 10.7. The van der Waals surface area contributed by atoms with Crippen molar-refractivity contribution < 1.29 is 19.8 Å². The summed E-state index contributed by atoms with van der Waals surface area (Å²) in [6.07, 6.45) is 10.0. The molecule has 4 bridgehead atoms. The Bertz CT molecular complexity index is 439. The van der Waals surface area contributed by atoms with Crippen LogP contribution in [0.15, 0.2) is 0 Å².